The van der Waals surface area contributed by atoms with Gasteiger partial charge in [-0.15, -0.1) is 0 Å². The molecule has 2 aromatic rings. The number of hydrogen-bond donors (Lipinski definition) is 1. The maximum atomic E-state index is 4.61. The highest BCUT2D eigenvalue weighted by Gasteiger charge is 2.12. The largest absolute Gasteiger partial charge is 0.316 e. The lowest BCUT2D eigenvalue weighted by Gasteiger charge is -2.08. The monoisotopic (exact) mass is 284 g/mol. The topological polar surface area (TPSA) is 24.9 Å². The van der Waals surface area contributed by atoms with Crippen LogP contribution in [0.3, 0.4) is 0 Å². The lowest BCUT2D eigenvalue weighted by Crippen LogP contribution is -2.05. The molecule has 1 heterocycles. The van der Waals surface area contributed by atoms with E-state index in [1.165, 1.54) is 46.4 Å². The third kappa shape index (κ3) is 2.89. The first-order valence-corrected chi connectivity index (χ1v) is 7.97. The van der Waals surface area contributed by atoms with Gasteiger partial charge >= 0.3 is 0 Å². The van der Waals surface area contributed by atoms with E-state index in [-0.39, 0.29) is 0 Å². The zero-order valence-corrected chi connectivity index (χ0v) is 12.9. The maximum Gasteiger partial charge on any atom is 0.104 e. The number of nitrogens with zero attached hydrogens (tertiary/aromatic N) is 1. The van der Waals surface area contributed by atoms with Gasteiger partial charge in [0.25, 0.3) is 0 Å². The summed E-state index contributed by atoms with van der Waals surface area (Å²) in [6.45, 7) is 3.01. The summed E-state index contributed by atoms with van der Waals surface area (Å²) in [4.78, 5) is 5.92. The van der Waals surface area contributed by atoms with Crippen molar-refractivity contribution in [3.05, 3.63) is 52.7 Å². The fourth-order valence-electron chi connectivity index (χ4n) is 2.75. The molecule has 0 aliphatic heterocycles. The lowest BCUT2D eigenvalue weighted by molar-refractivity contribution is 0.806. The van der Waals surface area contributed by atoms with Gasteiger partial charge in [0.1, 0.15) is 5.03 Å². The van der Waals surface area contributed by atoms with E-state index in [0.717, 1.165) is 11.6 Å². The Labute approximate surface area is 125 Å². The average Bonchev–Trinajstić information content (AvgIpc) is 2.90. The van der Waals surface area contributed by atoms with E-state index in [0.29, 0.717) is 0 Å². The van der Waals surface area contributed by atoms with Gasteiger partial charge in [0, 0.05) is 17.6 Å². The molecule has 0 radical (unpaired) electrons. The maximum absolute atomic E-state index is 4.61. The fourth-order valence-corrected chi connectivity index (χ4v) is 3.64. The number of nitrogens with one attached hydrogen (secondary N) is 1. The molecule has 1 N–H and O–H groups in total. The SMILES string of the molecule is CNCc1cnc(Sc2ccc3c(c2)CCC3)c(C)c1. The molecule has 104 valence electrons. The van der Waals surface area contributed by atoms with Crippen LogP contribution in [0.1, 0.15) is 28.7 Å². The van der Waals surface area contributed by atoms with E-state index < -0.39 is 0 Å². The van der Waals surface area contributed by atoms with Crippen LogP contribution >= 0.6 is 11.8 Å². The van der Waals surface area contributed by atoms with Crippen LogP contribution in [-0.4, -0.2) is 12.0 Å². The van der Waals surface area contributed by atoms with Crippen molar-refractivity contribution in [2.75, 3.05) is 7.05 Å². The molecule has 0 saturated carbocycles. The summed E-state index contributed by atoms with van der Waals surface area (Å²) >= 11 is 1.78. The summed E-state index contributed by atoms with van der Waals surface area (Å²) < 4.78 is 0. The molecule has 0 atom stereocenters. The summed E-state index contributed by atoms with van der Waals surface area (Å²) in [5.41, 5.74) is 5.55. The van der Waals surface area contributed by atoms with Crippen molar-refractivity contribution in [1.82, 2.24) is 10.3 Å². The van der Waals surface area contributed by atoms with Crippen LogP contribution in [0.15, 0.2) is 40.4 Å². The van der Waals surface area contributed by atoms with Gasteiger partial charge in [0.2, 0.25) is 0 Å². The number of aromatic nitrogens is 1. The van der Waals surface area contributed by atoms with Gasteiger partial charge in [0.15, 0.2) is 0 Å². The number of benzene rings is 1. The minimum Gasteiger partial charge on any atom is -0.316 e. The van der Waals surface area contributed by atoms with E-state index in [4.69, 9.17) is 0 Å². The number of rotatable bonds is 4. The summed E-state index contributed by atoms with van der Waals surface area (Å²) in [6.07, 6.45) is 5.76. The van der Waals surface area contributed by atoms with Gasteiger partial charge in [-0.1, -0.05) is 23.9 Å². The van der Waals surface area contributed by atoms with Crippen molar-refractivity contribution >= 4 is 11.8 Å². The first kappa shape index (κ1) is 13.7. The van der Waals surface area contributed by atoms with E-state index in [1.807, 2.05) is 13.2 Å². The van der Waals surface area contributed by atoms with Gasteiger partial charge in [-0.3, -0.25) is 0 Å². The molecule has 1 aromatic carbocycles. The van der Waals surface area contributed by atoms with E-state index in [2.05, 4.69) is 41.5 Å². The zero-order valence-electron chi connectivity index (χ0n) is 12.1. The highest BCUT2D eigenvalue weighted by atomic mass is 32.2. The van der Waals surface area contributed by atoms with Gasteiger partial charge in [0.05, 0.1) is 0 Å². The highest BCUT2D eigenvalue weighted by molar-refractivity contribution is 7.99. The zero-order chi connectivity index (χ0) is 13.9. The Balaban J connectivity index is 1.80. The standard InChI is InChI=1S/C17H20N2S/c1-12-8-13(10-18-2)11-19-17(12)20-16-7-6-14-4-3-5-15(14)9-16/h6-9,11,18H,3-5,10H2,1-2H3. The van der Waals surface area contributed by atoms with Gasteiger partial charge < -0.3 is 5.32 Å². The first-order chi connectivity index (χ1) is 9.76. The molecule has 1 aromatic heterocycles. The quantitative estimate of drug-likeness (QED) is 0.925. The van der Waals surface area contributed by atoms with Crippen LogP contribution in [0.25, 0.3) is 0 Å². The molecule has 1 aliphatic carbocycles. The van der Waals surface area contributed by atoms with Crippen molar-refractivity contribution in [3.8, 4) is 0 Å². The minimum absolute atomic E-state index is 0.873. The Morgan fingerprint density at radius 3 is 2.85 bits per heavy atom. The Kier molecular flexibility index (Phi) is 4.08. The van der Waals surface area contributed by atoms with E-state index in [9.17, 15) is 0 Å². The Bertz CT molecular complexity index is 622. The Morgan fingerprint density at radius 2 is 2.05 bits per heavy atom. The molecule has 0 amide bonds. The summed E-state index contributed by atoms with van der Waals surface area (Å²) in [6, 6.07) is 9.08. The number of hydrogen-bond acceptors (Lipinski definition) is 3. The molecular formula is C17H20N2S. The summed E-state index contributed by atoms with van der Waals surface area (Å²) in [5, 5.41) is 4.28. The molecule has 3 heteroatoms. The van der Waals surface area contributed by atoms with Crippen molar-refractivity contribution in [2.45, 2.75) is 42.7 Å². The number of aryl methyl sites for hydroxylation is 3. The molecule has 0 unspecified atom stereocenters. The van der Waals surface area contributed by atoms with Crippen LogP contribution in [0.4, 0.5) is 0 Å². The molecule has 3 rings (SSSR count). The van der Waals surface area contributed by atoms with Crippen LogP contribution in [0, 0.1) is 6.92 Å². The second-order valence-corrected chi connectivity index (χ2v) is 6.44. The summed E-state index contributed by atoms with van der Waals surface area (Å²) in [7, 11) is 1.96. The molecular weight excluding hydrogens is 264 g/mol. The van der Waals surface area contributed by atoms with Crippen LogP contribution < -0.4 is 5.32 Å². The smallest absolute Gasteiger partial charge is 0.104 e. The molecule has 0 spiro atoms. The Morgan fingerprint density at radius 1 is 1.20 bits per heavy atom. The Hall–Kier alpha value is -1.32. The molecule has 0 fully saturated rings. The van der Waals surface area contributed by atoms with Gasteiger partial charge in [-0.05, 0) is 67.6 Å². The summed E-state index contributed by atoms with van der Waals surface area (Å²) in [5.74, 6) is 0. The first-order valence-electron chi connectivity index (χ1n) is 7.16. The van der Waals surface area contributed by atoms with Gasteiger partial charge in [-0.25, -0.2) is 4.98 Å². The van der Waals surface area contributed by atoms with Crippen LogP contribution in [-0.2, 0) is 19.4 Å². The third-order valence-electron chi connectivity index (χ3n) is 3.75. The molecule has 0 saturated heterocycles. The number of fused-ring (bicyclic) bond motifs is 1. The number of pyridine rings is 1. The highest BCUT2D eigenvalue weighted by Crippen LogP contribution is 2.32. The molecule has 1 aliphatic rings. The predicted molar refractivity (Wildman–Crippen MR) is 84.3 cm³/mol. The van der Waals surface area contributed by atoms with E-state index in [1.54, 1.807) is 11.8 Å². The third-order valence-corrected chi connectivity index (χ3v) is 4.86. The van der Waals surface area contributed by atoms with E-state index >= 15 is 0 Å². The average molecular weight is 284 g/mol. The van der Waals surface area contributed by atoms with Crippen LogP contribution in [0.2, 0.25) is 0 Å². The van der Waals surface area contributed by atoms with Crippen LogP contribution in [0.5, 0.6) is 0 Å². The normalized spacial score (nSPS) is 13.5. The minimum atomic E-state index is 0.873. The van der Waals surface area contributed by atoms with Gasteiger partial charge in [-0.2, -0.15) is 0 Å². The fraction of sp³-hybridized carbons (Fsp3) is 0.353. The predicted octanol–water partition coefficient (Wildman–Crippen LogP) is 3.75. The van der Waals surface area contributed by atoms with Crippen molar-refractivity contribution in [1.29, 1.82) is 0 Å². The molecule has 0 bridgehead atoms. The lowest BCUT2D eigenvalue weighted by atomic mass is 10.1. The molecule has 2 nitrogen and oxygen atoms in total. The van der Waals surface area contributed by atoms with Crippen molar-refractivity contribution < 1.29 is 0 Å². The second-order valence-electron chi connectivity index (χ2n) is 5.38. The van der Waals surface area contributed by atoms with Crippen molar-refractivity contribution in [3.63, 3.8) is 0 Å². The molecule has 20 heavy (non-hydrogen) atoms. The second kappa shape index (κ2) is 5.98. The van der Waals surface area contributed by atoms with Crippen molar-refractivity contribution in [2.24, 2.45) is 0 Å².